The van der Waals surface area contributed by atoms with Crippen molar-refractivity contribution in [3.8, 4) is 0 Å². The zero-order chi connectivity index (χ0) is 17.1. The minimum atomic E-state index is 0.0352. The lowest BCUT2D eigenvalue weighted by Crippen LogP contribution is -2.37. The van der Waals surface area contributed by atoms with E-state index in [0.29, 0.717) is 10.8 Å². The number of hydrogen-bond donors (Lipinski definition) is 1. The molecule has 2 heterocycles. The van der Waals surface area contributed by atoms with Crippen LogP contribution in [0.4, 0.5) is 11.5 Å². The molecule has 6 heteroatoms. The minimum Gasteiger partial charge on any atom is -0.310 e. The number of pyridine rings is 1. The molecule has 5 rings (SSSR count). The van der Waals surface area contributed by atoms with Crippen molar-refractivity contribution in [3.63, 3.8) is 0 Å². The predicted octanol–water partition coefficient (Wildman–Crippen LogP) is 3.75. The van der Waals surface area contributed by atoms with Crippen LogP contribution in [0, 0.1) is 11.8 Å². The average molecular weight is 356 g/mol. The van der Waals surface area contributed by atoms with Crippen molar-refractivity contribution in [1.82, 2.24) is 4.98 Å². The smallest absolute Gasteiger partial charge is 0.230 e. The van der Waals surface area contributed by atoms with Gasteiger partial charge in [-0.2, -0.15) is 0 Å². The monoisotopic (exact) mass is 355 g/mol. The van der Waals surface area contributed by atoms with Crippen LogP contribution in [-0.2, 0) is 9.59 Å². The molecule has 1 saturated heterocycles. The van der Waals surface area contributed by atoms with Gasteiger partial charge >= 0.3 is 0 Å². The summed E-state index contributed by atoms with van der Waals surface area (Å²) >= 11 is 6.47. The Morgan fingerprint density at radius 3 is 2.72 bits per heavy atom. The number of aromatic nitrogens is 1. The summed E-state index contributed by atoms with van der Waals surface area (Å²) in [5.74, 6) is 1.06. The van der Waals surface area contributed by atoms with Gasteiger partial charge in [0.05, 0.1) is 10.7 Å². The van der Waals surface area contributed by atoms with Crippen molar-refractivity contribution < 1.29 is 9.59 Å². The summed E-state index contributed by atoms with van der Waals surface area (Å²) in [6.45, 7) is 0. The zero-order valence-corrected chi connectivity index (χ0v) is 14.4. The van der Waals surface area contributed by atoms with Gasteiger partial charge in [0.2, 0.25) is 11.8 Å². The number of amides is 2. The maximum atomic E-state index is 12.5. The summed E-state index contributed by atoms with van der Waals surface area (Å²) in [5, 5.41) is 5.27. The molecule has 2 atom stereocenters. The summed E-state index contributed by atoms with van der Waals surface area (Å²) in [6, 6.07) is 5.92. The van der Waals surface area contributed by atoms with E-state index in [-0.39, 0.29) is 29.7 Å². The van der Waals surface area contributed by atoms with Crippen LogP contribution < -0.4 is 10.2 Å². The first kappa shape index (κ1) is 15.1. The molecule has 2 aromatic rings. The number of carbonyl (C=O) groups is 2. The number of carbonyl (C=O) groups excluding carboxylic acids is 2. The SMILES string of the molecule is O=C(Nc1cc2cc(N3C(=O)[C@H]4CC[C@@H]3C4)c(Cl)cc2cn1)C1CC1. The number of fused-ring (bicyclic) bond motifs is 3. The van der Waals surface area contributed by atoms with Crippen LogP contribution >= 0.6 is 11.6 Å². The number of halogens is 1. The molecular formula is C19H18ClN3O2. The lowest BCUT2D eigenvalue weighted by Gasteiger charge is -2.28. The molecule has 2 saturated carbocycles. The lowest BCUT2D eigenvalue weighted by molar-refractivity contribution is -0.121. The molecule has 3 fully saturated rings. The molecule has 128 valence electrons. The first-order valence-corrected chi connectivity index (χ1v) is 9.21. The van der Waals surface area contributed by atoms with E-state index in [2.05, 4.69) is 10.3 Å². The van der Waals surface area contributed by atoms with Crippen molar-refractivity contribution in [2.45, 2.75) is 38.1 Å². The molecule has 1 N–H and O–H groups in total. The van der Waals surface area contributed by atoms with Crippen molar-refractivity contribution in [3.05, 3.63) is 29.4 Å². The fourth-order valence-electron chi connectivity index (χ4n) is 4.09. The van der Waals surface area contributed by atoms with Crippen LogP contribution in [-0.4, -0.2) is 22.8 Å². The quantitative estimate of drug-likeness (QED) is 0.912. The number of anilines is 2. The zero-order valence-electron chi connectivity index (χ0n) is 13.7. The van der Waals surface area contributed by atoms with Gasteiger partial charge in [-0.15, -0.1) is 0 Å². The molecule has 2 bridgehead atoms. The summed E-state index contributed by atoms with van der Waals surface area (Å²) in [7, 11) is 0. The maximum absolute atomic E-state index is 12.5. The Balaban J connectivity index is 1.52. The normalized spacial score (nSPS) is 25.0. The Bertz CT molecular complexity index is 909. The van der Waals surface area contributed by atoms with E-state index in [1.807, 2.05) is 23.1 Å². The third-order valence-electron chi connectivity index (χ3n) is 5.60. The van der Waals surface area contributed by atoms with Crippen LogP contribution in [0.2, 0.25) is 5.02 Å². The third kappa shape index (κ3) is 2.49. The van der Waals surface area contributed by atoms with E-state index in [0.717, 1.165) is 48.6 Å². The lowest BCUT2D eigenvalue weighted by atomic mass is 10.1. The van der Waals surface area contributed by atoms with Crippen LogP contribution in [0.1, 0.15) is 32.1 Å². The highest BCUT2D eigenvalue weighted by molar-refractivity contribution is 6.35. The summed E-state index contributed by atoms with van der Waals surface area (Å²) < 4.78 is 0. The Kier molecular flexibility index (Phi) is 3.29. The van der Waals surface area contributed by atoms with E-state index in [1.54, 1.807) is 6.20 Å². The second-order valence-electron chi connectivity index (χ2n) is 7.36. The Hall–Kier alpha value is -2.14. The first-order chi connectivity index (χ1) is 12.1. The predicted molar refractivity (Wildman–Crippen MR) is 96.7 cm³/mol. The van der Waals surface area contributed by atoms with Gasteiger partial charge in [0.25, 0.3) is 0 Å². The highest BCUT2D eigenvalue weighted by atomic mass is 35.5. The first-order valence-electron chi connectivity index (χ1n) is 8.83. The van der Waals surface area contributed by atoms with Crippen molar-refractivity contribution in [1.29, 1.82) is 0 Å². The number of rotatable bonds is 3. The number of nitrogens with one attached hydrogen (secondary N) is 1. The second-order valence-corrected chi connectivity index (χ2v) is 7.76. The van der Waals surface area contributed by atoms with Gasteiger partial charge in [0, 0.05) is 29.5 Å². The maximum Gasteiger partial charge on any atom is 0.230 e. The van der Waals surface area contributed by atoms with Gasteiger partial charge < -0.3 is 10.2 Å². The van der Waals surface area contributed by atoms with Crippen LogP contribution in [0.5, 0.6) is 0 Å². The fourth-order valence-corrected chi connectivity index (χ4v) is 4.35. The average Bonchev–Trinajstić information content (AvgIpc) is 3.27. The summed E-state index contributed by atoms with van der Waals surface area (Å²) in [6.07, 6.45) is 6.60. The van der Waals surface area contributed by atoms with Crippen LogP contribution in [0.15, 0.2) is 24.4 Å². The highest BCUT2D eigenvalue weighted by Gasteiger charge is 2.45. The Morgan fingerprint density at radius 1 is 1.16 bits per heavy atom. The minimum absolute atomic E-state index is 0.0352. The van der Waals surface area contributed by atoms with Gasteiger partial charge in [0.1, 0.15) is 5.82 Å². The van der Waals surface area contributed by atoms with E-state index in [1.165, 1.54) is 0 Å². The van der Waals surface area contributed by atoms with E-state index < -0.39 is 0 Å². The van der Waals surface area contributed by atoms with E-state index in [4.69, 9.17) is 11.6 Å². The van der Waals surface area contributed by atoms with Crippen molar-refractivity contribution in [2.24, 2.45) is 11.8 Å². The van der Waals surface area contributed by atoms with Gasteiger partial charge in [0.15, 0.2) is 0 Å². The molecule has 3 aliphatic rings. The molecule has 2 aliphatic carbocycles. The van der Waals surface area contributed by atoms with Crippen LogP contribution in [0.3, 0.4) is 0 Å². The van der Waals surface area contributed by atoms with Gasteiger partial charge in [-0.3, -0.25) is 9.59 Å². The fraction of sp³-hybridized carbons (Fsp3) is 0.421. The molecule has 1 aromatic heterocycles. The van der Waals surface area contributed by atoms with Gasteiger partial charge in [-0.05, 0) is 55.7 Å². The molecule has 0 spiro atoms. The number of piperidine rings is 1. The summed E-state index contributed by atoms with van der Waals surface area (Å²) in [5.41, 5.74) is 0.775. The van der Waals surface area contributed by atoms with E-state index >= 15 is 0 Å². The van der Waals surface area contributed by atoms with Crippen molar-refractivity contribution in [2.75, 3.05) is 10.2 Å². The number of nitrogens with zero attached hydrogens (tertiary/aromatic N) is 2. The van der Waals surface area contributed by atoms with Crippen LogP contribution in [0.25, 0.3) is 10.8 Å². The molecule has 5 nitrogen and oxygen atoms in total. The number of benzene rings is 1. The molecule has 1 aliphatic heterocycles. The molecule has 25 heavy (non-hydrogen) atoms. The third-order valence-corrected chi connectivity index (χ3v) is 5.91. The largest absolute Gasteiger partial charge is 0.310 e. The van der Waals surface area contributed by atoms with Gasteiger partial charge in [-0.25, -0.2) is 4.98 Å². The Morgan fingerprint density at radius 2 is 2.00 bits per heavy atom. The molecule has 0 radical (unpaired) electrons. The standard InChI is InChI=1S/C19H18ClN3O2/c20-15-6-13-9-21-17(22-18(24)10-1-2-10)8-12(13)7-16(15)23-14-4-3-11(5-14)19(23)25/h6-11,14H,1-5H2,(H,21,22,24)/t11-,14+/m0/s1. The summed E-state index contributed by atoms with van der Waals surface area (Å²) in [4.78, 5) is 30.7. The number of hydrogen-bond acceptors (Lipinski definition) is 3. The second kappa shape index (κ2) is 5.43. The molecule has 1 aromatic carbocycles. The van der Waals surface area contributed by atoms with Crippen molar-refractivity contribution >= 4 is 45.7 Å². The molecule has 2 amide bonds. The van der Waals surface area contributed by atoms with Gasteiger partial charge in [-0.1, -0.05) is 11.6 Å². The topological polar surface area (TPSA) is 62.3 Å². The molecule has 0 unspecified atom stereocenters. The molecular weight excluding hydrogens is 338 g/mol. The highest BCUT2D eigenvalue weighted by Crippen LogP contribution is 2.44. The Labute approximate surface area is 150 Å². The van der Waals surface area contributed by atoms with E-state index in [9.17, 15) is 9.59 Å².